The van der Waals surface area contributed by atoms with E-state index in [1.54, 1.807) is 0 Å². The van der Waals surface area contributed by atoms with Gasteiger partial charge in [0.25, 0.3) is 5.82 Å². The van der Waals surface area contributed by atoms with E-state index in [1.807, 2.05) is 0 Å². The van der Waals surface area contributed by atoms with E-state index in [9.17, 15) is 13.0 Å². The van der Waals surface area contributed by atoms with Crippen molar-refractivity contribution < 1.29 is 21.7 Å². The van der Waals surface area contributed by atoms with E-state index in [2.05, 4.69) is 41.6 Å². The van der Waals surface area contributed by atoms with E-state index in [0.29, 0.717) is 0 Å². The molecule has 0 spiro atoms. The monoisotopic (exact) mass is 236 g/mol. The number of H-pyrrole nitrogens is 1. The molecule has 0 bridgehead atoms. The zero-order valence-corrected chi connectivity index (χ0v) is 10.3. The molecule has 88 valence electrons. The van der Waals surface area contributed by atoms with Crippen molar-refractivity contribution in [3.63, 3.8) is 0 Å². The van der Waals surface area contributed by atoms with E-state index in [-0.39, 0.29) is 0 Å². The molecule has 0 saturated heterocycles. The number of aromatic amines is 1. The molecule has 0 fully saturated rings. The van der Waals surface area contributed by atoms with Crippen molar-refractivity contribution in [2.45, 2.75) is 20.8 Å². The number of nitrogens with zero attached hydrogens (tertiary/aromatic N) is 1. The van der Waals surface area contributed by atoms with Gasteiger partial charge in [0.15, 0.2) is 0 Å². The highest BCUT2D eigenvalue weighted by molar-refractivity contribution is 7.80. The van der Waals surface area contributed by atoms with Crippen molar-refractivity contribution in [1.29, 1.82) is 0 Å². The highest BCUT2D eigenvalue weighted by Crippen LogP contribution is 1.97. The zero-order valence-electron chi connectivity index (χ0n) is 9.49. The predicted octanol–water partition coefficient (Wildman–Crippen LogP) is -0.143. The second-order valence-corrected chi connectivity index (χ2v) is 4.20. The third kappa shape index (κ3) is 4.91. The van der Waals surface area contributed by atoms with Gasteiger partial charge in [-0.2, -0.15) is 0 Å². The topological polar surface area (TPSA) is 86.1 Å². The lowest BCUT2D eigenvalue weighted by Crippen LogP contribution is -2.32. The van der Waals surface area contributed by atoms with Gasteiger partial charge in [0.2, 0.25) is 10.4 Å². The molecule has 1 aromatic heterocycles. The second-order valence-electron chi connectivity index (χ2n) is 3.05. The Morgan fingerprint density at radius 2 is 1.73 bits per heavy atom. The predicted molar refractivity (Wildman–Crippen MR) is 52.9 cm³/mol. The van der Waals surface area contributed by atoms with Crippen LogP contribution >= 0.6 is 0 Å². The Morgan fingerprint density at radius 3 is 1.80 bits per heavy atom. The molecule has 0 radical (unpaired) electrons. The van der Waals surface area contributed by atoms with Crippen LogP contribution in [0.25, 0.3) is 0 Å². The van der Waals surface area contributed by atoms with Crippen LogP contribution < -0.4 is 4.57 Å². The van der Waals surface area contributed by atoms with Gasteiger partial charge in [-0.25, -0.2) is 18.0 Å². The Balaban J connectivity index is 0.000000288. The van der Waals surface area contributed by atoms with E-state index in [4.69, 9.17) is 0 Å². The van der Waals surface area contributed by atoms with E-state index < -0.39 is 10.4 Å². The molecular formula is C8H16N2O4S. The van der Waals surface area contributed by atoms with Crippen molar-refractivity contribution in [2.24, 2.45) is 7.05 Å². The van der Waals surface area contributed by atoms with Crippen LogP contribution in [0, 0.1) is 20.8 Å². The maximum absolute atomic E-state index is 9.22. The third-order valence-electron chi connectivity index (χ3n) is 2.12. The normalized spacial score (nSPS) is 10.8. The minimum atomic E-state index is -4.41. The summed E-state index contributed by atoms with van der Waals surface area (Å²) >= 11 is 0. The van der Waals surface area contributed by atoms with Gasteiger partial charge in [-0.3, -0.25) is 4.18 Å². The summed E-state index contributed by atoms with van der Waals surface area (Å²) in [5.74, 6) is 1.21. The van der Waals surface area contributed by atoms with Gasteiger partial charge in [-0.15, -0.1) is 0 Å². The Bertz CT molecular complexity index is 400. The quantitative estimate of drug-likeness (QED) is 0.417. The largest absolute Gasteiger partial charge is 0.726 e. The molecule has 1 N–H and O–H groups in total. The Morgan fingerprint density at radius 1 is 1.33 bits per heavy atom. The van der Waals surface area contributed by atoms with Crippen LogP contribution in [0.15, 0.2) is 0 Å². The van der Waals surface area contributed by atoms with Crippen LogP contribution in [-0.2, 0) is 21.6 Å². The van der Waals surface area contributed by atoms with Gasteiger partial charge in [0.1, 0.15) is 11.4 Å². The van der Waals surface area contributed by atoms with Gasteiger partial charge in [-0.05, 0) is 0 Å². The van der Waals surface area contributed by atoms with Crippen molar-refractivity contribution in [2.75, 3.05) is 7.11 Å². The van der Waals surface area contributed by atoms with E-state index in [1.165, 1.54) is 17.2 Å². The molecule has 0 aromatic carbocycles. The van der Waals surface area contributed by atoms with Crippen molar-refractivity contribution in [3.05, 3.63) is 17.2 Å². The van der Waals surface area contributed by atoms with Crippen LogP contribution in [0.5, 0.6) is 0 Å². The van der Waals surface area contributed by atoms with Gasteiger partial charge in [-0.1, -0.05) is 0 Å². The lowest BCUT2D eigenvalue weighted by atomic mass is 10.4. The molecule has 0 amide bonds. The van der Waals surface area contributed by atoms with Crippen LogP contribution in [0.4, 0.5) is 0 Å². The fourth-order valence-corrected chi connectivity index (χ4v) is 0.949. The summed E-state index contributed by atoms with van der Waals surface area (Å²) in [6.45, 7) is 6.27. The summed E-state index contributed by atoms with van der Waals surface area (Å²) in [6.07, 6.45) is 0. The number of hydrogen-bond donors (Lipinski definition) is 1. The summed E-state index contributed by atoms with van der Waals surface area (Å²) in [6, 6.07) is 0. The lowest BCUT2D eigenvalue weighted by Gasteiger charge is -1.98. The Labute approximate surface area is 89.9 Å². The van der Waals surface area contributed by atoms with Crippen LogP contribution in [0.2, 0.25) is 0 Å². The number of nitrogens with one attached hydrogen (secondary N) is 1. The van der Waals surface area contributed by atoms with Crippen molar-refractivity contribution in [3.8, 4) is 0 Å². The number of rotatable bonds is 1. The second kappa shape index (κ2) is 5.24. The molecule has 0 aliphatic heterocycles. The number of imidazole rings is 1. The fraction of sp³-hybridized carbons (Fsp3) is 0.625. The van der Waals surface area contributed by atoms with Gasteiger partial charge in [0.05, 0.1) is 14.2 Å². The molecule has 0 aliphatic carbocycles. The molecule has 7 heteroatoms. The SMILES string of the molecule is COS(=O)(=O)[O-].Cc1[nH]c(C)[n+](C)c1C. The van der Waals surface area contributed by atoms with E-state index >= 15 is 0 Å². The van der Waals surface area contributed by atoms with Crippen LogP contribution in [0.3, 0.4) is 0 Å². The molecule has 0 saturated carbocycles. The molecular weight excluding hydrogens is 220 g/mol. The molecule has 1 heterocycles. The smallest absolute Gasteiger partial charge is 0.251 e. The molecule has 15 heavy (non-hydrogen) atoms. The Hall–Kier alpha value is -0.920. The molecule has 1 aromatic rings. The first-order chi connectivity index (χ1) is 6.69. The Kier molecular flexibility index (Phi) is 4.92. The molecule has 0 atom stereocenters. The first kappa shape index (κ1) is 14.1. The number of aromatic nitrogens is 2. The average molecular weight is 236 g/mol. The minimum absolute atomic E-state index is 0.808. The lowest BCUT2D eigenvalue weighted by molar-refractivity contribution is -0.682. The molecule has 0 unspecified atom stereocenters. The van der Waals surface area contributed by atoms with Crippen LogP contribution in [0.1, 0.15) is 17.2 Å². The minimum Gasteiger partial charge on any atom is -0.726 e. The molecule has 6 nitrogen and oxygen atoms in total. The molecule has 1 rings (SSSR count). The van der Waals surface area contributed by atoms with Gasteiger partial charge >= 0.3 is 0 Å². The summed E-state index contributed by atoms with van der Waals surface area (Å²) in [4.78, 5) is 3.24. The maximum atomic E-state index is 9.22. The number of hydrogen-bond acceptors (Lipinski definition) is 4. The van der Waals surface area contributed by atoms with Crippen molar-refractivity contribution in [1.82, 2.24) is 4.98 Å². The van der Waals surface area contributed by atoms with Gasteiger partial charge < -0.3 is 4.55 Å². The first-order valence-corrected chi connectivity index (χ1v) is 5.55. The summed E-state index contributed by atoms with van der Waals surface area (Å²) in [5.41, 5.74) is 2.57. The summed E-state index contributed by atoms with van der Waals surface area (Å²) in [7, 11) is -1.54. The van der Waals surface area contributed by atoms with Crippen LogP contribution in [-0.4, -0.2) is 25.1 Å². The fourth-order valence-electron chi connectivity index (χ4n) is 0.949. The standard InChI is InChI=1S/C7H12N2.CH4O4S/c1-5-6(2)9(4)7(3)8-5;1-5-6(2,3)4/h1-4H3;1H3,(H,2,3,4). The average Bonchev–Trinajstić information content (AvgIpc) is 2.33. The van der Waals surface area contributed by atoms with E-state index in [0.717, 1.165) is 7.11 Å². The first-order valence-electron chi connectivity index (χ1n) is 4.22. The molecule has 0 aliphatic rings. The van der Waals surface area contributed by atoms with Gasteiger partial charge in [0, 0.05) is 20.8 Å². The number of aryl methyl sites for hydroxylation is 2. The third-order valence-corrected chi connectivity index (χ3v) is 2.53. The maximum Gasteiger partial charge on any atom is 0.251 e. The highest BCUT2D eigenvalue weighted by Gasteiger charge is 2.09. The summed E-state index contributed by atoms with van der Waals surface area (Å²) in [5, 5.41) is 0. The summed E-state index contributed by atoms with van der Waals surface area (Å²) < 4.78 is 33.2. The van der Waals surface area contributed by atoms with Crippen molar-refractivity contribution >= 4 is 10.4 Å². The highest BCUT2D eigenvalue weighted by atomic mass is 32.3. The zero-order chi connectivity index (χ0) is 12.2.